The Bertz CT molecular complexity index is 913. The molecule has 0 fully saturated rings. The number of hydrogen-bond acceptors (Lipinski definition) is 4. The fraction of sp³-hybridized carbons (Fsp3) is 0.333. The van der Waals surface area contributed by atoms with E-state index < -0.39 is 0 Å². The van der Waals surface area contributed by atoms with Crippen LogP contribution >= 0.6 is 0 Å². The van der Waals surface area contributed by atoms with Gasteiger partial charge in [0.25, 0.3) is 11.8 Å². The summed E-state index contributed by atoms with van der Waals surface area (Å²) in [5, 5.41) is 11.0. The van der Waals surface area contributed by atoms with Gasteiger partial charge in [0.1, 0.15) is 0 Å². The minimum absolute atomic E-state index is 0.0951. The van der Waals surface area contributed by atoms with Gasteiger partial charge in [-0.05, 0) is 55.0 Å². The highest BCUT2D eigenvalue weighted by molar-refractivity contribution is 5.96. The highest BCUT2D eigenvalue weighted by Gasteiger charge is 2.28. The number of carbonyl (C=O) groups is 2. The van der Waals surface area contributed by atoms with E-state index in [9.17, 15) is 9.59 Å². The SMILES string of the molecule is O=C1N=NC(Cc2cccc(C(=O)NCc3ccoc3)c2)C2=C1CCCC2. The highest BCUT2D eigenvalue weighted by atomic mass is 16.3. The maximum atomic E-state index is 12.4. The molecule has 0 bridgehead atoms. The molecule has 1 aliphatic heterocycles. The molecule has 0 radical (unpaired) electrons. The van der Waals surface area contributed by atoms with Crippen LogP contribution in [0.2, 0.25) is 0 Å². The van der Waals surface area contributed by atoms with Crippen LogP contribution < -0.4 is 5.32 Å². The third kappa shape index (κ3) is 3.89. The fourth-order valence-electron chi connectivity index (χ4n) is 3.70. The van der Waals surface area contributed by atoms with E-state index in [1.165, 1.54) is 0 Å². The second-order valence-corrected chi connectivity index (χ2v) is 6.97. The monoisotopic (exact) mass is 363 g/mol. The summed E-state index contributed by atoms with van der Waals surface area (Å²) in [5.41, 5.74) is 4.54. The van der Waals surface area contributed by atoms with Gasteiger partial charge in [0.05, 0.1) is 18.6 Å². The predicted octanol–water partition coefficient (Wildman–Crippen LogP) is 3.98. The number of carbonyl (C=O) groups excluding carboxylic acids is 2. The topological polar surface area (TPSA) is 84.0 Å². The van der Waals surface area contributed by atoms with E-state index in [1.54, 1.807) is 18.6 Å². The maximum absolute atomic E-state index is 12.4. The lowest BCUT2D eigenvalue weighted by molar-refractivity contribution is -0.115. The van der Waals surface area contributed by atoms with Crippen LogP contribution in [-0.4, -0.2) is 17.9 Å². The summed E-state index contributed by atoms with van der Waals surface area (Å²) in [7, 11) is 0. The second kappa shape index (κ2) is 7.70. The standard InChI is InChI=1S/C21H21N3O3/c25-20(22-12-15-8-9-27-13-15)16-5-3-4-14(10-16)11-19-17-6-1-2-7-18(17)21(26)24-23-19/h3-5,8-10,13,19H,1-2,6-7,11-12H2,(H,22,25). The van der Waals surface area contributed by atoms with Gasteiger partial charge in [0.2, 0.25) is 0 Å². The predicted molar refractivity (Wildman–Crippen MR) is 99.2 cm³/mol. The minimum Gasteiger partial charge on any atom is -0.472 e. The van der Waals surface area contributed by atoms with Crippen LogP contribution in [0, 0.1) is 0 Å². The van der Waals surface area contributed by atoms with Gasteiger partial charge < -0.3 is 9.73 Å². The van der Waals surface area contributed by atoms with Crippen molar-refractivity contribution >= 4 is 11.8 Å². The van der Waals surface area contributed by atoms with Crippen molar-refractivity contribution in [2.75, 3.05) is 0 Å². The first-order valence-corrected chi connectivity index (χ1v) is 9.26. The Morgan fingerprint density at radius 3 is 2.93 bits per heavy atom. The molecular weight excluding hydrogens is 342 g/mol. The quantitative estimate of drug-likeness (QED) is 0.872. The van der Waals surface area contributed by atoms with Crippen molar-refractivity contribution in [1.82, 2.24) is 5.32 Å². The fourth-order valence-corrected chi connectivity index (χ4v) is 3.70. The van der Waals surface area contributed by atoms with E-state index >= 15 is 0 Å². The summed E-state index contributed by atoms with van der Waals surface area (Å²) in [6, 6.07) is 9.28. The molecule has 1 aromatic heterocycles. The molecule has 1 atom stereocenters. The lowest BCUT2D eigenvalue weighted by atomic mass is 9.84. The van der Waals surface area contributed by atoms with E-state index in [2.05, 4.69) is 15.5 Å². The van der Waals surface area contributed by atoms with Gasteiger partial charge in [0, 0.05) is 29.7 Å². The molecule has 27 heavy (non-hydrogen) atoms. The van der Waals surface area contributed by atoms with Crippen LogP contribution in [0.1, 0.15) is 47.2 Å². The van der Waals surface area contributed by atoms with Crippen molar-refractivity contribution in [1.29, 1.82) is 0 Å². The van der Waals surface area contributed by atoms with Gasteiger partial charge in [-0.1, -0.05) is 12.1 Å². The largest absolute Gasteiger partial charge is 0.472 e. The molecule has 6 nitrogen and oxygen atoms in total. The number of hydrogen-bond donors (Lipinski definition) is 1. The highest BCUT2D eigenvalue weighted by Crippen LogP contribution is 2.33. The summed E-state index contributed by atoms with van der Waals surface area (Å²) >= 11 is 0. The van der Waals surface area contributed by atoms with E-state index in [4.69, 9.17) is 4.42 Å². The Morgan fingerprint density at radius 2 is 2.07 bits per heavy atom. The summed E-state index contributed by atoms with van der Waals surface area (Å²) in [4.78, 5) is 24.4. The van der Waals surface area contributed by atoms with Crippen molar-refractivity contribution < 1.29 is 14.0 Å². The Hall–Kier alpha value is -3.02. The van der Waals surface area contributed by atoms with Crippen molar-refractivity contribution in [2.45, 2.75) is 44.7 Å². The number of azo groups is 1. The first-order chi connectivity index (χ1) is 13.2. The smallest absolute Gasteiger partial charge is 0.291 e. The third-order valence-electron chi connectivity index (χ3n) is 5.11. The van der Waals surface area contributed by atoms with Crippen LogP contribution in [0.3, 0.4) is 0 Å². The molecule has 2 aliphatic rings. The molecule has 1 N–H and O–H groups in total. The van der Waals surface area contributed by atoms with Crippen LogP contribution in [0.4, 0.5) is 0 Å². The van der Waals surface area contributed by atoms with Gasteiger partial charge in [-0.2, -0.15) is 5.11 Å². The number of nitrogens with zero attached hydrogens (tertiary/aromatic N) is 2. The second-order valence-electron chi connectivity index (χ2n) is 6.97. The molecule has 1 unspecified atom stereocenters. The van der Waals surface area contributed by atoms with E-state index in [0.717, 1.165) is 48.0 Å². The molecule has 1 aromatic carbocycles. The molecule has 4 rings (SSSR count). The average Bonchev–Trinajstić information content (AvgIpc) is 3.22. The Kier molecular flexibility index (Phi) is 4.96. The Morgan fingerprint density at radius 1 is 1.19 bits per heavy atom. The summed E-state index contributed by atoms with van der Waals surface area (Å²) in [6.07, 6.45) is 7.70. The van der Waals surface area contributed by atoms with Crippen LogP contribution in [0.25, 0.3) is 0 Å². The molecule has 1 aliphatic carbocycles. The zero-order valence-corrected chi connectivity index (χ0v) is 15.0. The summed E-state index contributed by atoms with van der Waals surface area (Å²) in [6.45, 7) is 0.425. The lowest BCUT2D eigenvalue weighted by Crippen LogP contribution is -2.24. The molecule has 6 heteroatoms. The van der Waals surface area contributed by atoms with E-state index in [0.29, 0.717) is 18.5 Å². The van der Waals surface area contributed by atoms with Crippen LogP contribution in [0.5, 0.6) is 0 Å². The van der Waals surface area contributed by atoms with Crippen LogP contribution in [-0.2, 0) is 17.8 Å². The van der Waals surface area contributed by atoms with Crippen molar-refractivity contribution in [2.24, 2.45) is 10.2 Å². The van der Waals surface area contributed by atoms with Crippen LogP contribution in [0.15, 0.2) is 68.7 Å². The van der Waals surface area contributed by atoms with Crippen molar-refractivity contribution in [3.05, 3.63) is 70.7 Å². The average molecular weight is 363 g/mol. The number of furan rings is 1. The molecule has 0 spiro atoms. The zero-order valence-electron chi connectivity index (χ0n) is 15.0. The summed E-state index contributed by atoms with van der Waals surface area (Å²) in [5.74, 6) is -0.301. The van der Waals surface area contributed by atoms with Crippen molar-refractivity contribution in [3.63, 3.8) is 0 Å². The van der Waals surface area contributed by atoms with Crippen molar-refractivity contribution in [3.8, 4) is 0 Å². The zero-order chi connectivity index (χ0) is 18.6. The lowest BCUT2D eigenvalue weighted by Gasteiger charge is -2.25. The van der Waals surface area contributed by atoms with Gasteiger partial charge in [0.15, 0.2) is 0 Å². The number of rotatable bonds is 5. The molecule has 0 saturated carbocycles. The number of nitrogens with one attached hydrogen (secondary N) is 1. The molecule has 2 amide bonds. The van der Waals surface area contributed by atoms with Gasteiger partial charge in [-0.3, -0.25) is 9.59 Å². The Balaban J connectivity index is 1.46. The molecule has 138 valence electrons. The molecule has 2 aromatic rings. The van der Waals surface area contributed by atoms with E-state index in [-0.39, 0.29) is 17.9 Å². The third-order valence-corrected chi connectivity index (χ3v) is 5.11. The summed E-state index contributed by atoms with van der Waals surface area (Å²) < 4.78 is 5.01. The normalized spacial score (nSPS) is 19.1. The number of benzene rings is 1. The van der Waals surface area contributed by atoms with Gasteiger partial charge >= 0.3 is 0 Å². The van der Waals surface area contributed by atoms with Gasteiger partial charge in [-0.15, -0.1) is 5.11 Å². The van der Waals surface area contributed by atoms with E-state index in [1.807, 2.05) is 24.3 Å². The maximum Gasteiger partial charge on any atom is 0.291 e. The first-order valence-electron chi connectivity index (χ1n) is 9.26. The molecule has 0 saturated heterocycles. The minimum atomic E-state index is -0.173. The Labute approximate surface area is 157 Å². The molecule has 2 heterocycles. The van der Waals surface area contributed by atoms with Gasteiger partial charge in [-0.25, -0.2) is 0 Å². The first kappa shape index (κ1) is 17.4. The molecular formula is C21H21N3O3. The number of amides is 2.